The van der Waals surface area contributed by atoms with Crippen molar-refractivity contribution < 1.29 is 14.3 Å². The Balaban J connectivity index is 1.76. The van der Waals surface area contributed by atoms with Crippen molar-refractivity contribution in [2.45, 2.75) is 13.3 Å². The Kier molecular flexibility index (Phi) is 6.26. The summed E-state index contributed by atoms with van der Waals surface area (Å²) in [6.45, 7) is 2.66. The zero-order chi connectivity index (χ0) is 19.2. The van der Waals surface area contributed by atoms with Crippen molar-refractivity contribution in [1.82, 2.24) is 9.36 Å². The van der Waals surface area contributed by atoms with Crippen LogP contribution in [-0.2, 0) is 0 Å². The number of anilines is 1. The van der Waals surface area contributed by atoms with E-state index >= 15 is 0 Å². The highest BCUT2D eigenvalue weighted by Gasteiger charge is 2.13. The number of nitrogens with one attached hydrogen (secondary N) is 1. The highest BCUT2D eigenvalue weighted by molar-refractivity contribution is 7.10. The molecule has 1 N–H and O–H groups in total. The first-order chi connectivity index (χ1) is 13.1. The Labute approximate surface area is 166 Å². The molecule has 0 aliphatic heterocycles. The van der Waals surface area contributed by atoms with Gasteiger partial charge in [-0.3, -0.25) is 10.1 Å². The van der Waals surface area contributed by atoms with Crippen LogP contribution in [0.15, 0.2) is 42.5 Å². The molecule has 0 unspecified atom stereocenters. The first kappa shape index (κ1) is 19.1. The molecule has 140 valence electrons. The summed E-state index contributed by atoms with van der Waals surface area (Å²) in [7, 11) is 1.59. The van der Waals surface area contributed by atoms with E-state index in [0.29, 0.717) is 39.6 Å². The first-order valence-electron chi connectivity index (χ1n) is 8.32. The fourth-order valence-electron chi connectivity index (χ4n) is 2.33. The summed E-state index contributed by atoms with van der Waals surface area (Å²) in [6, 6.07) is 12.2. The second-order valence-electron chi connectivity index (χ2n) is 5.60. The molecule has 27 heavy (non-hydrogen) atoms. The van der Waals surface area contributed by atoms with Crippen molar-refractivity contribution in [2.24, 2.45) is 0 Å². The van der Waals surface area contributed by atoms with E-state index in [0.717, 1.165) is 23.5 Å². The molecule has 1 amide bonds. The molecule has 0 aliphatic carbocycles. The van der Waals surface area contributed by atoms with Crippen LogP contribution in [0.2, 0.25) is 5.02 Å². The third kappa shape index (κ3) is 4.75. The van der Waals surface area contributed by atoms with Gasteiger partial charge in [0.1, 0.15) is 0 Å². The van der Waals surface area contributed by atoms with Gasteiger partial charge >= 0.3 is 0 Å². The van der Waals surface area contributed by atoms with Gasteiger partial charge in [-0.05, 0) is 42.8 Å². The van der Waals surface area contributed by atoms with Gasteiger partial charge in [0.05, 0.1) is 13.7 Å². The summed E-state index contributed by atoms with van der Waals surface area (Å²) in [6.07, 6.45) is 0.911. The summed E-state index contributed by atoms with van der Waals surface area (Å²) in [4.78, 5) is 16.7. The van der Waals surface area contributed by atoms with E-state index in [1.165, 1.54) is 0 Å². The maximum atomic E-state index is 12.3. The SMILES string of the molecule is CCCOc1ccc(-c2nsc(NC(=O)c3cccc(Cl)c3)n2)cc1OC. The molecule has 0 bridgehead atoms. The highest BCUT2D eigenvalue weighted by atomic mass is 35.5. The topological polar surface area (TPSA) is 73.3 Å². The normalized spacial score (nSPS) is 10.5. The lowest BCUT2D eigenvalue weighted by Crippen LogP contribution is -2.11. The molecule has 6 nitrogen and oxygen atoms in total. The summed E-state index contributed by atoms with van der Waals surface area (Å²) >= 11 is 7.03. The first-order valence-corrected chi connectivity index (χ1v) is 9.47. The predicted molar refractivity (Wildman–Crippen MR) is 107 cm³/mol. The van der Waals surface area contributed by atoms with Gasteiger partial charge in [-0.1, -0.05) is 24.6 Å². The minimum atomic E-state index is -0.291. The maximum Gasteiger partial charge on any atom is 0.257 e. The number of methoxy groups -OCH3 is 1. The number of benzene rings is 2. The Morgan fingerprint density at radius 1 is 1.22 bits per heavy atom. The maximum absolute atomic E-state index is 12.3. The van der Waals surface area contributed by atoms with Crippen LogP contribution in [0.3, 0.4) is 0 Å². The molecule has 8 heteroatoms. The third-order valence-electron chi connectivity index (χ3n) is 3.62. The van der Waals surface area contributed by atoms with E-state index in [9.17, 15) is 4.79 Å². The molecule has 0 saturated carbocycles. The monoisotopic (exact) mass is 403 g/mol. The summed E-state index contributed by atoms with van der Waals surface area (Å²) in [5.74, 6) is 1.50. The lowest BCUT2D eigenvalue weighted by atomic mass is 10.2. The van der Waals surface area contributed by atoms with E-state index in [2.05, 4.69) is 14.7 Å². The standard InChI is InChI=1S/C19H18ClN3O3S/c1-3-9-26-15-8-7-12(11-16(15)25-2)17-21-19(27-23-17)22-18(24)13-5-4-6-14(20)10-13/h4-8,10-11H,3,9H2,1-2H3,(H,21,22,23,24). The average molecular weight is 404 g/mol. The van der Waals surface area contributed by atoms with Crippen LogP contribution < -0.4 is 14.8 Å². The van der Waals surface area contributed by atoms with Crippen molar-refractivity contribution in [3.05, 3.63) is 53.1 Å². The molecule has 2 aromatic carbocycles. The van der Waals surface area contributed by atoms with Gasteiger partial charge in [0.25, 0.3) is 5.91 Å². The molecule has 1 heterocycles. The number of aromatic nitrogens is 2. The molecule has 3 rings (SSSR count). The van der Waals surface area contributed by atoms with Gasteiger partial charge in [-0.25, -0.2) is 0 Å². The van der Waals surface area contributed by atoms with Crippen LogP contribution in [0, 0.1) is 0 Å². The number of nitrogens with zero attached hydrogens (tertiary/aromatic N) is 2. The molecule has 1 aromatic heterocycles. The lowest BCUT2D eigenvalue weighted by Gasteiger charge is -2.10. The fraction of sp³-hybridized carbons (Fsp3) is 0.211. The number of rotatable bonds is 7. The minimum Gasteiger partial charge on any atom is -0.493 e. The van der Waals surface area contributed by atoms with Gasteiger partial charge < -0.3 is 9.47 Å². The molecule has 0 spiro atoms. The minimum absolute atomic E-state index is 0.291. The third-order valence-corrected chi connectivity index (χ3v) is 4.48. The summed E-state index contributed by atoms with van der Waals surface area (Å²) in [5.41, 5.74) is 1.23. The Hall–Kier alpha value is -2.64. The second-order valence-corrected chi connectivity index (χ2v) is 6.79. The highest BCUT2D eigenvalue weighted by Crippen LogP contribution is 2.32. The number of ether oxygens (including phenoxy) is 2. The number of halogens is 1. The van der Waals surface area contributed by atoms with Crippen LogP contribution in [0.1, 0.15) is 23.7 Å². The van der Waals surface area contributed by atoms with Gasteiger partial charge in [-0.15, -0.1) is 0 Å². The molecule has 0 fully saturated rings. The number of carbonyl (C=O) groups is 1. The number of hydrogen-bond acceptors (Lipinski definition) is 6. The van der Waals surface area contributed by atoms with Gasteiger partial charge in [0.2, 0.25) is 5.13 Å². The zero-order valence-electron chi connectivity index (χ0n) is 14.9. The molecule has 0 aliphatic rings. The molecule has 3 aromatic rings. The van der Waals surface area contributed by atoms with Gasteiger partial charge in [0.15, 0.2) is 17.3 Å². The molecular weight excluding hydrogens is 386 g/mol. The zero-order valence-corrected chi connectivity index (χ0v) is 16.4. The van der Waals surface area contributed by atoms with Crippen molar-refractivity contribution in [1.29, 1.82) is 0 Å². The van der Waals surface area contributed by atoms with Crippen LogP contribution in [0.4, 0.5) is 5.13 Å². The van der Waals surface area contributed by atoms with E-state index in [-0.39, 0.29) is 5.91 Å². The van der Waals surface area contributed by atoms with Crippen LogP contribution in [0.5, 0.6) is 11.5 Å². The Bertz CT molecular complexity index is 945. The van der Waals surface area contributed by atoms with Gasteiger partial charge in [0, 0.05) is 27.7 Å². The van der Waals surface area contributed by atoms with Crippen LogP contribution in [0.25, 0.3) is 11.4 Å². The average Bonchev–Trinajstić information content (AvgIpc) is 3.14. The van der Waals surface area contributed by atoms with Crippen LogP contribution >= 0.6 is 23.1 Å². The smallest absolute Gasteiger partial charge is 0.257 e. The largest absolute Gasteiger partial charge is 0.493 e. The number of carbonyl (C=O) groups excluding carboxylic acids is 1. The predicted octanol–water partition coefficient (Wildman–Crippen LogP) is 4.91. The lowest BCUT2D eigenvalue weighted by molar-refractivity contribution is 0.102. The molecule has 0 saturated heterocycles. The van der Waals surface area contributed by atoms with E-state index in [1.807, 2.05) is 25.1 Å². The summed E-state index contributed by atoms with van der Waals surface area (Å²) in [5, 5.41) is 3.64. The van der Waals surface area contributed by atoms with Crippen molar-refractivity contribution in [3.8, 4) is 22.9 Å². The van der Waals surface area contributed by atoms with E-state index in [1.54, 1.807) is 31.4 Å². The van der Waals surface area contributed by atoms with Crippen molar-refractivity contribution >= 4 is 34.2 Å². The fourth-order valence-corrected chi connectivity index (χ4v) is 3.10. The number of hydrogen-bond donors (Lipinski definition) is 1. The quantitative estimate of drug-likeness (QED) is 0.606. The van der Waals surface area contributed by atoms with Crippen molar-refractivity contribution in [3.63, 3.8) is 0 Å². The molecular formula is C19H18ClN3O3S. The Morgan fingerprint density at radius 2 is 2.07 bits per heavy atom. The van der Waals surface area contributed by atoms with E-state index < -0.39 is 0 Å². The van der Waals surface area contributed by atoms with Crippen molar-refractivity contribution in [2.75, 3.05) is 19.0 Å². The van der Waals surface area contributed by atoms with E-state index in [4.69, 9.17) is 21.1 Å². The molecule has 0 radical (unpaired) electrons. The van der Waals surface area contributed by atoms with Crippen LogP contribution in [-0.4, -0.2) is 29.0 Å². The Morgan fingerprint density at radius 3 is 2.81 bits per heavy atom. The number of amides is 1. The van der Waals surface area contributed by atoms with Gasteiger partial charge in [-0.2, -0.15) is 9.36 Å². The summed E-state index contributed by atoms with van der Waals surface area (Å²) < 4.78 is 15.4. The second kappa shape index (κ2) is 8.83. The molecule has 0 atom stereocenters.